The topological polar surface area (TPSA) is 66.4 Å². The Morgan fingerprint density at radius 2 is 2.11 bits per heavy atom. The zero-order chi connectivity index (χ0) is 13.8. The van der Waals surface area contributed by atoms with Gasteiger partial charge < -0.3 is 10.4 Å². The number of hydrogen-bond donors (Lipinski definition) is 2. The summed E-state index contributed by atoms with van der Waals surface area (Å²) in [5.41, 5.74) is -0.475. The van der Waals surface area contributed by atoms with Crippen LogP contribution in [0.1, 0.15) is 24.5 Å². The second kappa shape index (κ2) is 5.62. The number of carboxylic acid groups (broad SMARTS) is 1. The molecule has 1 aromatic carbocycles. The Bertz CT molecular complexity index is 461. The smallest absolute Gasteiger partial charge is 0.334 e. The van der Waals surface area contributed by atoms with Crippen LogP contribution in [0.15, 0.2) is 24.3 Å². The lowest BCUT2D eigenvalue weighted by molar-refractivity contribution is -0.148. The third kappa shape index (κ3) is 2.85. The average Bonchev–Trinajstić information content (AvgIpc) is 2.27. The number of hydrogen-bond acceptors (Lipinski definition) is 2. The third-order valence-electron chi connectivity index (χ3n) is 2.73. The van der Waals surface area contributed by atoms with E-state index in [2.05, 4.69) is 5.32 Å². The van der Waals surface area contributed by atoms with Crippen LogP contribution in [0.4, 0.5) is 4.39 Å². The van der Waals surface area contributed by atoms with Crippen LogP contribution >= 0.6 is 0 Å². The highest BCUT2D eigenvalue weighted by Crippen LogP contribution is 2.26. The van der Waals surface area contributed by atoms with Gasteiger partial charge in [-0.3, -0.25) is 9.18 Å². The molecule has 5 heteroatoms. The number of nitrogens with one attached hydrogen (secondary N) is 1. The number of alkyl halides is 1. The minimum absolute atomic E-state index is 0.300. The molecule has 18 heavy (non-hydrogen) atoms. The van der Waals surface area contributed by atoms with E-state index in [-0.39, 0.29) is 6.42 Å². The van der Waals surface area contributed by atoms with Crippen molar-refractivity contribution in [2.75, 3.05) is 6.67 Å². The van der Waals surface area contributed by atoms with Crippen molar-refractivity contribution in [3.05, 3.63) is 35.4 Å². The quantitative estimate of drug-likeness (QED) is 0.840. The number of carbonyl (C=O) groups excluding carboxylic acids is 1. The van der Waals surface area contributed by atoms with Crippen molar-refractivity contribution in [3.8, 4) is 0 Å². The number of amides is 1. The van der Waals surface area contributed by atoms with E-state index in [1.165, 1.54) is 6.92 Å². The van der Waals surface area contributed by atoms with E-state index in [4.69, 9.17) is 0 Å². The average molecular weight is 253 g/mol. The normalized spacial score (nSPS) is 13.7. The molecule has 0 radical (unpaired) electrons. The Morgan fingerprint density at radius 1 is 1.44 bits per heavy atom. The second-order valence-corrected chi connectivity index (χ2v) is 4.20. The number of carbonyl (C=O) groups is 2. The first kappa shape index (κ1) is 14.2. The fraction of sp³-hybridized carbons (Fsp3) is 0.385. The highest BCUT2D eigenvalue weighted by atomic mass is 19.1. The van der Waals surface area contributed by atoms with Crippen LogP contribution in [0.3, 0.4) is 0 Å². The van der Waals surface area contributed by atoms with Crippen molar-refractivity contribution in [2.45, 2.75) is 25.8 Å². The molecule has 1 atom stereocenters. The lowest BCUT2D eigenvalue weighted by Gasteiger charge is -2.30. The van der Waals surface area contributed by atoms with Crippen LogP contribution in [-0.4, -0.2) is 23.7 Å². The van der Waals surface area contributed by atoms with Gasteiger partial charge in [0.15, 0.2) is 5.54 Å². The Balaban J connectivity index is 3.32. The summed E-state index contributed by atoms with van der Waals surface area (Å²) in [6.07, 6.45) is -0.300. The van der Waals surface area contributed by atoms with E-state index in [0.29, 0.717) is 5.56 Å². The van der Waals surface area contributed by atoms with Gasteiger partial charge in [0.1, 0.15) is 0 Å². The Hall–Kier alpha value is -1.91. The summed E-state index contributed by atoms with van der Waals surface area (Å²) in [7, 11) is 0. The van der Waals surface area contributed by atoms with Crippen molar-refractivity contribution in [2.24, 2.45) is 0 Å². The van der Waals surface area contributed by atoms with Crippen LogP contribution in [0.2, 0.25) is 0 Å². The molecule has 1 amide bonds. The van der Waals surface area contributed by atoms with Gasteiger partial charge >= 0.3 is 5.97 Å². The van der Waals surface area contributed by atoms with Crippen molar-refractivity contribution in [1.29, 1.82) is 0 Å². The maximum atomic E-state index is 12.7. The van der Waals surface area contributed by atoms with Gasteiger partial charge in [0.05, 0.1) is 6.67 Å². The first-order valence-electron chi connectivity index (χ1n) is 5.57. The third-order valence-corrected chi connectivity index (χ3v) is 2.73. The fourth-order valence-electron chi connectivity index (χ4n) is 1.92. The zero-order valence-corrected chi connectivity index (χ0v) is 10.4. The Morgan fingerprint density at radius 3 is 2.56 bits per heavy atom. The van der Waals surface area contributed by atoms with Gasteiger partial charge in [-0.05, 0) is 12.5 Å². The van der Waals surface area contributed by atoms with Gasteiger partial charge in [0, 0.05) is 13.3 Å². The largest absolute Gasteiger partial charge is 0.479 e. The molecule has 0 saturated carbocycles. The minimum atomic E-state index is -1.70. The van der Waals surface area contributed by atoms with E-state index in [1.807, 2.05) is 0 Å². The van der Waals surface area contributed by atoms with E-state index in [1.54, 1.807) is 31.2 Å². The Kier molecular flexibility index (Phi) is 4.42. The highest BCUT2D eigenvalue weighted by Gasteiger charge is 2.41. The molecule has 1 aromatic rings. The first-order valence-corrected chi connectivity index (χ1v) is 5.57. The van der Waals surface area contributed by atoms with Crippen molar-refractivity contribution in [3.63, 3.8) is 0 Å². The molecule has 0 aromatic heterocycles. The number of benzene rings is 1. The molecule has 0 aliphatic rings. The van der Waals surface area contributed by atoms with Crippen molar-refractivity contribution in [1.82, 2.24) is 5.32 Å². The standard InChI is InChI=1S/C13H16FNO3/c1-9-4-3-5-11(8-9)13(6-7-14,12(17)18)15-10(2)16/h3-5,8H,6-7H2,1-2H3,(H,15,16)(H,17,18). The maximum Gasteiger partial charge on any atom is 0.334 e. The van der Waals surface area contributed by atoms with Crippen molar-refractivity contribution >= 4 is 11.9 Å². The molecule has 1 rings (SSSR count). The minimum Gasteiger partial charge on any atom is -0.479 e. The van der Waals surface area contributed by atoms with Gasteiger partial charge in [0.25, 0.3) is 0 Å². The summed E-state index contributed by atoms with van der Waals surface area (Å²) in [5.74, 6) is -1.77. The van der Waals surface area contributed by atoms with Gasteiger partial charge in [-0.1, -0.05) is 29.8 Å². The van der Waals surface area contributed by atoms with Crippen LogP contribution in [0.5, 0.6) is 0 Å². The molecule has 98 valence electrons. The van der Waals surface area contributed by atoms with Gasteiger partial charge in [-0.2, -0.15) is 0 Å². The molecule has 0 aliphatic carbocycles. The first-order chi connectivity index (χ1) is 8.42. The molecule has 0 fully saturated rings. The highest BCUT2D eigenvalue weighted by molar-refractivity contribution is 5.87. The summed E-state index contributed by atoms with van der Waals surface area (Å²) < 4.78 is 12.7. The van der Waals surface area contributed by atoms with Gasteiger partial charge in [-0.15, -0.1) is 0 Å². The zero-order valence-electron chi connectivity index (χ0n) is 10.4. The molecule has 2 N–H and O–H groups in total. The molecule has 4 nitrogen and oxygen atoms in total. The SMILES string of the molecule is CC(=O)NC(CCF)(C(=O)O)c1cccc(C)c1. The number of aliphatic carboxylic acids is 1. The summed E-state index contributed by atoms with van der Waals surface area (Å²) in [5, 5.41) is 11.7. The van der Waals surface area contributed by atoms with Crippen LogP contribution in [0.25, 0.3) is 0 Å². The summed E-state index contributed by atoms with van der Waals surface area (Å²) in [4.78, 5) is 22.7. The summed E-state index contributed by atoms with van der Waals surface area (Å²) >= 11 is 0. The molecular formula is C13H16FNO3. The summed E-state index contributed by atoms with van der Waals surface area (Å²) in [6.45, 7) is 2.19. The summed E-state index contributed by atoms with van der Waals surface area (Å²) in [6, 6.07) is 6.70. The molecule has 0 saturated heterocycles. The number of halogens is 1. The van der Waals surface area contributed by atoms with E-state index >= 15 is 0 Å². The van der Waals surface area contributed by atoms with Gasteiger partial charge in [-0.25, -0.2) is 4.79 Å². The second-order valence-electron chi connectivity index (χ2n) is 4.20. The lowest BCUT2D eigenvalue weighted by Crippen LogP contribution is -2.51. The fourth-order valence-corrected chi connectivity index (χ4v) is 1.92. The van der Waals surface area contributed by atoms with E-state index in [9.17, 15) is 19.1 Å². The van der Waals surface area contributed by atoms with Gasteiger partial charge in [0.2, 0.25) is 5.91 Å². The predicted molar refractivity (Wildman–Crippen MR) is 64.9 cm³/mol. The molecule has 0 heterocycles. The number of carboxylic acids is 1. The maximum absolute atomic E-state index is 12.7. The molecule has 0 aliphatic heterocycles. The van der Waals surface area contributed by atoms with Crippen LogP contribution in [-0.2, 0) is 15.1 Å². The molecule has 0 bridgehead atoms. The lowest BCUT2D eigenvalue weighted by atomic mass is 9.86. The number of rotatable bonds is 5. The predicted octanol–water partition coefficient (Wildman–Crippen LogP) is 1.77. The molecular weight excluding hydrogens is 237 g/mol. The van der Waals surface area contributed by atoms with Crippen LogP contribution < -0.4 is 5.32 Å². The van der Waals surface area contributed by atoms with E-state index in [0.717, 1.165) is 5.56 Å². The molecule has 1 unspecified atom stereocenters. The molecule has 0 spiro atoms. The van der Waals surface area contributed by atoms with Crippen LogP contribution in [0, 0.1) is 6.92 Å². The number of aryl methyl sites for hydroxylation is 1. The van der Waals surface area contributed by atoms with E-state index < -0.39 is 24.1 Å². The van der Waals surface area contributed by atoms with Crippen molar-refractivity contribution < 1.29 is 19.1 Å². The monoisotopic (exact) mass is 253 g/mol. The Labute approximate surface area is 105 Å².